The lowest BCUT2D eigenvalue weighted by atomic mass is 9.95. The van der Waals surface area contributed by atoms with Crippen LogP contribution in [0.3, 0.4) is 0 Å². The van der Waals surface area contributed by atoms with Crippen molar-refractivity contribution in [2.45, 2.75) is 24.9 Å². The number of rotatable bonds is 2. The average molecular weight is 232 g/mol. The van der Waals surface area contributed by atoms with Gasteiger partial charge in [0.05, 0.1) is 18.8 Å². The van der Waals surface area contributed by atoms with E-state index >= 15 is 0 Å². The molecule has 4 unspecified atom stereocenters. The molecule has 3 heterocycles. The van der Waals surface area contributed by atoms with Gasteiger partial charge in [0, 0.05) is 12.7 Å². The molecule has 2 aliphatic heterocycles. The van der Waals surface area contributed by atoms with E-state index in [-0.39, 0.29) is 12.0 Å². The zero-order valence-corrected chi connectivity index (χ0v) is 9.87. The molecule has 2 aliphatic rings. The molecule has 0 saturated carbocycles. The van der Waals surface area contributed by atoms with Gasteiger partial charge in [-0.25, -0.2) is 0 Å². The van der Waals surface area contributed by atoms with E-state index in [0.29, 0.717) is 12.0 Å². The third-order valence-electron chi connectivity index (χ3n) is 3.96. The van der Waals surface area contributed by atoms with E-state index in [1.807, 2.05) is 24.4 Å². The number of nitrogens with zero attached hydrogens (tertiary/aromatic N) is 2. The third-order valence-corrected chi connectivity index (χ3v) is 3.96. The van der Waals surface area contributed by atoms with Gasteiger partial charge in [-0.05, 0) is 30.9 Å². The number of pyridine rings is 1. The van der Waals surface area contributed by atoms with Crippen molar-refractivity contribution < 1.29 is 9.53 Å². The van der Waals surface area contributed by atoms with Crippen molar-refractivity contribution in [2.75, 3.05) is 13.7 Å². The Hall–Kier alpha value is -1.42. The van der Waals surface area contributed by atoms with E-state index in [4.69, 9.17) is 4.74 Å². The van der Waals surface area contributed by atoms with Gasteiger partial charge in [0.2, 0.25) is 0 Å². The van der Waals surface area contributed by atoms with Gasteiger partial charge in [-0.1, -0.05) is 6.07 Å². The second kappa shape index (κ2) is 4.11. The van der Waals surface area contributed by atoms with Crippen LogP contribution in [0.25, 0.3) is 0 Å². The smallest absolute Gasteiger partial charge is 0.323 e. The number of fused-ring (bicyclic) bond motifs is 2. The summed E-state index contributed by atoms with van der Waals surface area (Å²) in [6.07, 6.45) is 3.94. The Morgan fingerprint density at radius 2 is 2.41 bits per heavy atom. The largest absolute Gasteiger partial charge is 0.468 e. The number of carbonyl (C=O) groups is 1. The van der Waals surface area contributed by atoms with E-state index in [2.05, 4.69) is 9.88 Å². The quantitative estimate of drug-likeness (QED) is 0.723. The highest BCUT2D eigenvalue weighted by molar-refractivity contribution is 5.77. The molecule has 90 valence electrons. The molecule has 17 heavy (non-hydrogen) atoms. The van der Waals surface area contributed by atoms with Crippen molar-refractivity contribution in [2.24, 2.45) is 5.92 Å². The maximum atomic E-state index is 11.8. The van der Waals surface area contributed by atoms with Crippen LogP contribution < -0.4 is 0 Å². The molecule has 2 saturated heterocycles. The Morgan fingerprint density at radius 1 is 1.53 bits per heavy atom. The molecule has 2 bridgehead atoms. The van der Waals surface area contributed by atoms with Gasteiger partial charge in [0.25, 0.3) is 0 Å². The highest BCUT2D eigenvalue weighted by Gasteiger charge is 2.50. The van der Waals surface area contributed by atoms with Crippen molar-refractivity contribution in [3.8, 4) is 0 Å². The molecule has 0 N–H and O–H groups in total. The van der Waals surface area contributed by atoms with E-state index in [0.717, 1.165) is 25.1 Å². The summed E-state index contributed by atoms with van der Waals surface area (Å²) >= 11 is 0. The van der Waals surface area contributed by atoms with Crippen LogP contribution in [-0.2, 0) is 9.53 Å². The van der Waals surface area contributed by atoms with E-state index in [1.54, 1.807) is 0 Å². The number of methoxy groups -OCH3 is 1. The zero-order valence-electron chi connectivity index (χ0n) is 9.87. The molecule has 2 fully saturated rings. The lowest BCUT2D eigenvalue weighted by molar-refractivity contribution is -0.146. The Labute approximate surface area is 101 Å². The topological polar surface area (TPSA) is 42.4 Å². The molecule has 4 nitrogen and oxygen atoms in total. The number of hydrogen-bond acceptors (Lipinski definition) is 4. The Kier molecular flexibility index (Phi) is 2.59. The van der Waals surface area contributed by atoms with Crippen LogP contribution in [0.5, 0.6) is 0 Å². The molecule has 1 aromatic rings. The van der Waals surface area contributed by atoms with E-state index in [1.165, 1.54) is 7.11 Å². The first-order valence-electron chi connectivity index (χ1n) is 6.06. The van der Waals surface area contributed by atoms with Crippen molar-refractivity contribution in [3.63, 3.8) is 0 Å². The minimum atomic E-state index is -0.0917. The standard InChI is InChI=1S/C13H16N2O2/c1-17-13(16)12-9-5-7-15(12)11(8-9)10-4-2-3-6-14-10/h2-4,6,9,11-12H,5,7-8H2,1H3. The van der Waals surface area contributed by atoms with Crippen LogP contribution in [-0.4, -0.2) is 35.5 Å². The maximum absolute atomic E-state index is 11.8. The van der Waals surface area contributed by atoms with Gasteiger partial charge >= 0.3 is 5.97 Å². The van der Waals surface area contributed by atoms with Crippen molar-refractivity contribution in [1.82, 2.24) is 9.88 Å². The summed E-state index contributed by atoms with van der Waals surface area (Å²) in [7, 11) is 1.47. The molecule has 0 radical (unpaired) electrons. The van der Waals surface area contributed by atoms with Gasteiger partial charge < -0.3 is 4.74 Å². The second-order valence-electron chi connectivity index (χ2n) is 4.76. The molecular formula is C13H16N2O2. The van der Waals surface area contributed by atoms with Crippen LogP contribution in [0.4, 0.5) is 0 Å². The Bertz CT molecular complexity index is 421. The number of piperidine rings is 1. The fourth-order valence-electron chi connectivity index (χ4n) is 3.21. The third kappa shape index (κ3) is 1.63. The SMILES string of the molecule is COC(=O)C1C2CCN1C(c1ccccn1)C2. The van der Waals surface area contributed by atoms with E-state index in [9.17, 15) is 4.79 Å². The molecule has 4 heteroatoms. The molecule has 0 aliphatic carbocycles. The molecule has 0 amide bonds. The highest BCUT2D eigenvalue weighted by atomic mass is 16.5. The number of aromatic nitrogens is 1. The normalized spacial score (nSPS) is 34.9. The van der Waals surface area contributed by atoms with Crippen LogP contribution >= 0.6 is 0 Å². The predicted molar refractivity (Wildman–Crippen MR) is 62.2 cm³/mol. The number of carbonyl (C=O) groups excluding carboxylic acids is 1. The first kappa shape index (κ1) is 10.7. The lowest BCUT2D eigenvalue weighted by Crippen LogP contribution is -2.35. The second-order valence-corrected chi connectivity index (χ2v) is 4.76. The predicted octanol–water partition coefficient (Wildman–Crippen LogP) is 1.39. The average Bonchev–Trinajstić information content (AvgIpc) is 2.96. The number of ether oxygens (including phenoxy) is 1. The summed E-state index contributed by atoms with van der Waals surface area (Å²) in [5, 5.41) is 0. The molecule has 0 aromatic carbocycles. The van der Waals surface area contributed by atoms with Gasteiger partial charge in [-0.15, -0.1) is 0 Å². The van der Waals surface area contributed by atoms with Crippen LogP contribution in [0.1, 0.15) is 24.6 Å². The van der Waals surface area contributed by atoms with Gasteiger partial charge in [-0.3, -0.25) is 14.7 Å². The molecule has 1 aromatic heterocycles. The lowest BCUT2D eigenvalue weighted by Gasteiger charge is -2.25. The first-order valence-corrected chi connectivity index (χ1v) is 6.06. The summed E-state index contributed by atoms with van der Waals surface area (Å²) in [5.41, 5.74) is 1.07. The van der Waals surface area contributed by atoms with Crippen LogP contribution in [0.15, 0.2) is 24.4 Å². The minimum absolute atomic E-state index is 0.0491. The molecule has 4 atom stereocenters. The number of esters is 1. The summed E-state index contributed by atoms with van der Waals surface area (Å²) in [6.45, 7) is 0.978. The van der Waals surface area contributed by atoms with Gasteiger partial charge in [0.1, 0.15) is 6.04 Å². The van der Waals surface area contributed by atoms with Crippen LogP contribution in [0, 0.1) is 5.92 Å². The first-order chi connectivity index (χ1) is 8.31. The van der Waals surface area contributed by atoms with Crippen molar-refractivity contribution >= 4 is 5.97 Å². The summed E-state index contributed by atoms with van der Waals surface area (Å²) in [5.74, 6) is 0.348. The summed E-state index contributed by atoms with van der Waals surface area (Å²) in [4.78, 5) is 18.4. The van der Waals surface area contributed by atoms with Gasteiger partial charge in [0.15, 0.2) is 0 Å². The van der Waals surface area contributed by atoms with Crippen molar-refractivity contribution in [3.05, 3.63) is 30.1 Å². The van der Waals surface area contributed by atoms with Gasteiger partial charge in [-0.2, -0.15) is 0 Å². The van der Waals surface area contributed by atoms with E-state index < -0.39 is 0 Å². The van der Waals surface area contributed by atoms with Crippen LogP contribution in [0.2, 0.25) is 0 Å². The monoisotopic (exact) mass is 232 g/mol. The molecule has 3 rings (SSSR count). The maximum Gasteiger partial charge on any atom is 0.323 e. The van der Waals surface area contributed by atoms with Crippen molar-refractivity contribution in [1.29, 1.82) is 0 Å². The fourth-order valence-corrected chi connectivity index (χ4v) is 3.21. The Morgan fingerprint density at radius 3 is 3.12 bits per heavy atom. The summed E-state index contributed by atoms with van der Waals surface area (Å²) in [6, 6.07) is 6.21. The molecule has 0 spiro atoms. The molecular weight excluding hydrogens is 216 g/mol. The Balaban J connectivity index is 1.86. The zero-order chi connectivity index (χ0) is 11.8. The highest BCUT2D eigenvalue weighted by Crippen LogP contribution is 2.46. The number of hydrogen-bond donors (Lipinski definition) is 0. The fraction of sp³-hybridized carbons (Fsp3) is 0.538. The minimum Gasteiger partial charge on any atom is -0.468 e. The summed E-state index contributed by atoms with van der Waals surface area (Å²) < 4.78 is 4.90.